The molecule has 1 aromatic rings. The first-order valence-corrected chi connectivity index (χ1v) is 5.28. The molecule has 16 heavy (non-hydrogen) atoms. The van der Waals surface area contributed by atoms with Crippen LogP contribution in [0.25, 0.3) is 0 Å². The van der Waals surface area contributed by atoms with Crippen molar-refractivity contribution in [3.05, 3.63) is 29.8 Å². The first-order valence-electron chi connectivity index (χ1n) is 5.28. The van der Waals surface area contributed by atoms with Crippen molar-refractivity contribution in [2.75, 3.05) is 11.6 Å². The summed E-state index contributed by atoms with van der Waals surface area (Å²) in [7, 11) is 0. The monoisotopic (exact) mass is 218 g/mol. The number of anilines is 1. The molecule has 0 bridgehead atoms. The molecule has 0 spiro atoms. The van der Waals surface area contributed by atoms with Crippen LogP contribution in [0.3, 0.4) is 0 Å². The van der Waals surface area contributed by atoms with Crippen LogP contribution in [0.1, 0.15) is 24.2 Å². The van der Waals surface area contributed by atoms with Crippen molar-refractivity contribution >= 4 is 17.4 Å². The van der Waals surface area contributed by atoms with Gasteiger partial charge in [0.15, 0.2) is 5.78 Å². The molecule has 1 aliphatic rings. The van der Waals surface area contributed by atoms with Crippen LogP contribution >= 0.6 is 0 Å². The Morgan fingerprint density at radius 2 is 2.25 bits per heavy atom. The van der Waals surface area contributed by atoms with Gasteiger partial charge in [-0.3, -0.25) is 9.59 Å². The Kier molecular flexibility index (Phi) is 2.75. The number of hydrogen-bond donors (Lipinski definition) is 1. The van der Waals surface area contributed by atoms with Gasteiger partial charge in [0.05, 0.1) is 11.6 Å². The highest BCUT2D eigenvalue weighted by molar-refractivity contribution is 5.99. The molecule has 1 saturated heterocycles. The minimum atomic E-state index is -0.0130. The van der Waals surface area contributed by atoms with E-state index >= 15 is 0 Å². The van der Waals surface area contributed by atoms with Gasteiger partial charge >= 0.3 is 0 Å². The predicted molar refractivity (Wildman–Crippen MR) is 61.1 cm³/mol. The molecule has 0 saturated carbocycles. The van der Waals surface area contributed by atoms with E-state index in [0.717, 1.165) is 5.69 Å². The van der Waals surface area contributed by atoms with Crippen molar-refractivity contribution in [2.45, 2.75) is 13.8 Å². The summed E-state index contributed by atoms with van der Waals surface area (Å²) in [5.74, 6) is 0.0308. The van der Waals surface area contributed by atoms with Gasteiger partial charge in [-0.15, -0.1) is 0 Å². The summed E-state index contributed by atoms with van der Waals surface area (Å²) in [6.45, 7) is 4.04. The van der Waals surface area contributed by atoms with E-state index in [4.69, 9.17) is 0 Å². The zero-order valence-electron chi connectivity index (χ0n) is 9.36. The number of hydrazine groups is 1. The molecule has 1 N–H and O–H groups in total. The van der Waals surface area contributed by atoms with Crippen molar-refractivity contribution < 1.29 is 9.59 Å². The largest absolute Gasteiger partial charge is 0.295 e. The third-order valence-corrected chi connectivity index (χ3v) is 2.71. The third-order valence-electron chi connectivity index (χ3n) is 2.71. The van der Waals surface area contributed by atoms with Crippen molar-refractivity contribution in [3.8, 4) is 0 Å². The van der Waals surface area contributed by atoms with Crippen molar-refractivity contribution in [1.29, 1.82) is 0 Å². The second kappa shape index (κ2) is 4.06. The van der Waals surface area contributed by atoms with Gasteiger partial charge in [0, 0.05) is 12.1 Å². The van der Waals surface area contributed by atoms with Gasteiger partial charge in [-0.25, -0.2) is 10.4 Å². The van der Waals surface area contributed by atoms with Crippen LogP contribution < -0.4 is 10.4 Å². The summed E-state index contributed by atoms with van der Waals surface area (Å²) < 4.78 is 0. The quantitative estimate of drug-likeness (QED) is 0.763. The maximum atomic E-state index is 11.8. The average Bonchev–Trinajstić information content (AvgIpc) is 2.60. The maximum absolute atomic E-state index is 11.8. The number of nitrogens with zero attached hydrogens (tertiary/aromatic N) is 1. The first-order chi connectivity index (χ1) is 7.59. The molecular formula is C12H14N2O2. The van der Waals surface area contributed by atoms with E-state index in [-0.39, 0.29) is 17.6 Å². The van der Waals surface area contributed by atoms with E-state index in [2.05, 4.69) is 5.43 Å². The number of rotatable bonds is 2. The molecule has 2 rings (SSSR count). The zero-order valence-corrected chi connectivity index (χ0v) is 9.36. The van der Waals surface area contributed by atoms with Crippen LogP contribution in [0.5, 0.6) is 0 Å². The minimum Gasteiger partial charge on any atom is -0.295 e. The summed E-state index contributed by atoms with van der Waals surface area (Å²) in [6.07, 6.45) is 0. The number of hydrogen-bond acceptors (Lipinski definition) is 3. The number of nitrogens with one attached hydrogen (secondary N) is 1. The Bertz CT molecular complexity index is 442. The number of carbonyl (C=O) groups excluding carboxylic acids is 2. The van der Waals surface area contributed by atoms with Crippen molar-refractivity contribution in [3.63, 3.8) is 0 Å². The molecule has 0 radical (unpaired) electrons. The molecule has 1 unspecified atom stereocenters. The highest BCUT2D eigenvalue weighted by atomic mass is 16.2. The fourth-order valence-corrected chi connectivity index (χ4v) is 1.70. The second-order valence-electron chi connectivity index (χ2n) is 4.04. The summed E-state index contributed by atoms with van der Waals surface area (Å²) in [4.78, 5) is 23.0. The number of Topliss-reactive ketones (excluding diaryl/α,β-unsaturated/α-hetero) is 1. The van der Waals surface area contributed by atoms with E-state index in [1.165, 1.54) is 11.9 Å². The molecule has 4 nitrogen and oxygen atoms in total. The molecule has 1 aromatic carbocycles. The van der Waals surface area contributed by atoms with Crippen LogP contribution in [0.4, 0.5) is 5.69 Å². The smallest absolute Gasteiger partial charge is 0.245 e. The van der Waals surface area contributed by atoms with Gasteiger partial charge in [-0.05, 0) is 19.1 Å². The normalized spacial score (nSPS) is 20.2. The van der Waals surface area contributed by atoms with E-state index < -0.39 is 0 Å². The van der Waals surface area contributed by atoms with E-state index in [1.54, 1.807) is 18.2 Å². The number of amides is 1. The van der Waals surface area contributed by atoms with Gasteiger partial charge in [-0.1, -0.05) is 19.1 Å². The third kappa shape index (κ3) is 1.84. The fourth-order valence-electron chi connectivity index (χ4n) is 1.70. The predicted octanol–water partition coefficient (Wildman–Crippen LogP) is 1.38. The van der Waals surface area contributed by atoms with Crippen LogP contribution in [-0.2, 0) is 4.79 Å². The Morgan fingerprint density at radius 1 is 1.50 bits per heavy atom. The molecule has 84 valence electrons. The van der Waals surface area contributed by atoms with Crippen LogP contribution in [0.15, 0.2) is 24.3 Å². The number of carbonyl (C=O) groups is 2. The molecule has 0 aliphatic carbocycles. The summed E-state index contributed by atoms with van der Waals surface area (Å²) in [5, 5.41) is 1.51. The number of ketones is 1. The van der Waals surface area contributed by atoms with Crippen LogP contribution in [0.2, 0.25) is 0 Å². The van der Waals surface area contributed by atoms with Crippen LogP contribution in [0, 0.1) is 5.92 Å². The first kappa shape index (κ1) is 10.8. The fraction of sp³-hybridized carbons (Fsp3) is 0.333. The molecule has 1 heterocycles. The second-order valence-corrected chi connectivity index (χ2v) is 4.04. The van der Waals surface area contributed by atoms with E-state index in [1.807, 2.05) is 13.0 Å². The summed E-state index contributed by atoms with van der Waals surface area (Å²) >= 11 is 0. The summed E-state index contributed by atoms with van der Waals surface area (Å²) in [6, 6.07) is 7.07. The van der Waals surface area contributed by atoms with Crippen molar-refractivity contribution in [2.24, 2.45) is 5.92 Å². The zero-order chi connectivity index (χ0) is 11.7. The van der Waals surface area contributed by atoms with Gasteiger partial charge in [-0.2, -0.15) is 0 Å². The van der Waals surface area contributed by atoms with E-state index in [0.29, 0.717) is 12.1 Å². The average molecular weight is 218 g/mol. The lowest BCUT2D eigenvalue weighted by Gasteiger charge is -2.16. The van der Waals surface area contributed by atoms with Gasteiger partial charge in [0.1, 0.15) is 0 Å². The van der Waals surface area contributed by atoms with Crippen LogP contribution in [-0.4, -0.2) is 18.2 Å². The Labute approximate surface area is 94.2 Å². The molecule has 4 heteroatoms. The molecule has 1 atom stereocenters. The molecule has 1 fully saturated rings. The molecule has 1 aliphatic heterocycles. The Balaban J connectivity index is 2.31. The Morgan fingerprint density at radius 3 is 2.81 bits per heavy atom. The maximum Gasteiger partial charge on any atom is 0.245 e. The van der Waals surface area contributed by atoms with Crippen molar-refractivity contribution in [1.82, 2.24) is 5.43 Å². The van der Waals surface area contributed by atoms with Gasteiger partial charge < -0.3 is 0 Å². The van der Waals surface area contributed by atoms with Gasteiger partial charge in [0.2, 0.25) is 5.91 Å². The number of benzene rings is 1. The standard InChI is InChI=1S/C12H14N2O2/c1-8-7-13-14(12(8)16)11-5-3-4-10(6-11)9(2)15/h3-6,8,13H,7H2,1-2H3. The van der Waals surface area contributed by atoms with E-state index in [9.17, 15) is 9.59 Å². The lowest BCUT2D eigenvalue weighted by molar-refractivity contribution is -0.119. The molecular weight excluding hydrogens is 204 g/mol. The van der Waals surface area contributed by atoms with Gasteiger partial charge in [0.25, 0.3) is 0 Å². The summed E-state index contributed by atoms with van der Waals surface area (Å²) in [5.41, 5.74) is 4.35. The molecule has 0 aromatic heterocycles. The molecule has 1 amide bonds. The lowest BCUT2D eigenvalue weighted by atomic mass is 10.1. The minimum absolute atomic E-state index is 0.00143. The topological polar surface area (TPSA) is 49.4 Å². The Hall–Kier alpha value is -1.68. The lowest BCUT2D eigenvalue weighted by Crippen LogP contribution is -2.34. The highest BCUT2D eigenvalue weighted by Crippen LogP contribution is 2.20. The SMILES string of the molecule is CC(=O)c1cccc(N2NCC(C)C2=O)c1. The highest BCUT2D eigenvalue weighted by Gasteiger charge is 2.28.